The fourth-order valence-electron chi connectivity index (χ4n) is 1.85. The molecule has 3 rings (SSSR count). The Morgan fingerprint density at radius 2 is 2.11 bits per heavy atom. The number of halogens is 1. The molecule has 0 aliphatic rings. The molecule has 1 aromatic carbocycles. The van der Waals surface area contributed by atoms with Gasteiger partial charge in [-0.15, -0.1) is 11.3 Å². The molecule has 94 valence electrons. The van der Waals surface area contributed by atoms with Gasteiger partial charge in [0.25, 0.3) is 0 Å². The lowest BCUT2D eigenvalue weighted by Gasteiger charge is -1.97. The minimum atomic E-state index is -0.237. The topological polar surface area (TPSA) is 25.8 Å². The Hall–Kier alpha value is -2.07. The molecule has 0 radical (unpaired) electrons. The third-order valence-electron chi connectivity index (χ3n) is 2.75. The zero-order valence-electron chi connectivity index (χ0n) is 10.1. The number of hydrogen-bond acceptors (Lipinski definition) is 3. The summed E-state index contributed by atoms with van der Waals surface area (Å²) in [7, 11) is 0. The molecule has 0 saturated carbocycles. The van der Waals surface area contributed by atoms with Crippen LogP contribution in [0.4, 0.5) is 4.39 Å². The molecule has 3 aromatic rings. The standard InChI is InChI=1S/C15H11FN2S/c16-13-5-1-4-12(8-13)14-10-19-15(18-14)7-11-3-2-6-17-9-11/h1-6,8-10H,7H2. The first-order valence-corrected chi connectivity index (χ1v) is 6.78. The molecule has 0 unspecified atom stereocenters. The summed E-state index contributed by atoms with van der Waals surface area (Å²) in [6, 6.07) is 10.4. The van der Waals surface area contributed by atoms with Crippen LogP contribution in [0.2, 0.25) is 0 Å². The summed E-state index contributed by atoms with van der Waals surface area (Å²) in [4.78, 5) is 8.63. The van der Waals surface area contributed by atoms with Crippen molar-refractivity contribution in [2.45, 2.75) is 6.42 Å². The van der Waals surface area contributed by atoms with Gasteiger partial charge in [-0.1, -0.05) is 18.2 Å². The van der Waals surface area contributed by atoms with E-state index in [-0.39, 0.29) is 5.82 Å². The van der Waals surface area contributed by atoms with E-state index in [0.29, 0.717) is 0 Å². The van der Waals surface area contributed by atoms with E-state index in [4.69, 9.17) is 0 Å². The van der Waals surface area contributed by atoms with E-state index in [0.717, 1.165) is 28.2 Å². The molecular formula is C15H11FN2S. The molecule has 19 heavy (non-hydrogen) atoms. The largest absolute Gasteiger partial charge is 0.264 e. The van der Waals surface area contributed by atoms with Gasteiger partial charge in [0.1, 0.15) is 5.82 Å². The third-order valence-corrected chi connectivity index (χ3v) is 3.60. The van der Waals surface area contributed by atoms with Crippen molar-refractivity contribution in [2.24, 2.45) is 0 Å². The molecule has 0 bridgehead atoms. The van der Waals surface area contributed by atoms with E-state index in [1.165, 1.54) is 12.1 Å². The summed E-state index contributed by atoms with van der Waals surface area (Å²) < 4.78 is 13.2. The zero-order chi connectivity index (χ0) is 13.1. The maximum Gasteiger partial charge on any atom is 0.123 e. The van der Waals surface area contributed by atoms with Gasteiger partial charge in [-0.25, -0.2) is 9.37 Å². The van der Waals surface area contributed by atoms with Crippen LogP contribution >= 0.6 is 11.3 Å². The van der Waals surface area contributed by atoms with Crippen LogP contribution in [0, 0.1) is 5.82 Å². The fourth-order valence-corrected chi connectivity index (χ4v) is 2.69. The summed E-state index contributed by atoms with van der Waals surface area (Å²) in [5.74, 6) is -0.237. The Morgan fingerprint density at radius 3 is 2.89 bits per heavy atom. The molecule has 0 saturated heterocycles. The SMILES string of the molecule is Fc1cccc(-c2csc(Cc3cccnc3)n2)c1. The molecule has 0 amide bonds. The Labute approximate surface area is 114 Å². The summed E-state index contributed by atoms with van der Waals surface area (Å²) in [6.07, 6.45) is 4.35. The fraction of sp³-hybridized carbons (Fsp3) is 0.0667. The second-order valence-electron chi connectivity index (χ2n) is 4.17. The number of benzene rings is 1. The van der Waals surface area contributed by atoms with Crippen molar-refractivity contribution >= 4 is 11.3 Å². The van der Waals surface area contributed by atoms with Gasteiger partial charge in [0.05, 0.1) is 10.7 Å². The highest BCUT2D eigenvalue weighted by molar-refractivity contribution is 7.10. The average molecular weight is 270 g/mol. The second-order valence-corrected chi connectivity index (χ2v) is 5.12. The second kappa shape index (κ2) is 5.28. The van der Waals surface area contributed by atoms with Crippen LogP contribution in [0.15, 0.2) is 54.2 Å². The van der Waals surface area contributed by atoms with E-state index in [9.17, 15) is 4.39 Å². The molecule has 0 aliphatic carbocycles. The van der Waals surface area contributed by atoms with Crippen molar-refractivity contribution in [2.75, 3.05) is 0 Å². The predicted octanol–water partition coefficient (Wildman–Crippen LogP) is 3.94. The first-order chi connectivity index (χ1) is 9.31. The van der Waals surface area contributed by atoms with Gasteiger partial charge in [-0.05, 0) is 23.8 Å². The van der Waals surface area contributed by atoms with Gasteiger partial charge in [0.15, 0.2) is 0 Å². The molecule has 4 heteroatoms. The van der Waals surface area contributed by atoms with Crippen LogP contribution in [0.3, 0.4) is 0 Å². The van der Waals surface area contributed by atoms with E-state index in [1.54, 1.807) is 23.6 Å². The van der Waals surface area contributed by atoms with Gasteiger partial charge < -0.3 is 0 Å². The van der Waals surface area contributed by atoms with Crippen molar-refractivity contribution in [1.82, 2.24) is 9.97 Å². The minimum absolute atomic E-state index is 0.237. The summed E-state index contributed by atoms with van der Waals surface area (Å²) in [5, 5.41) is 2.97. The van der Waals surface area contributed by atoms with Gasteiger partial charge in [-0.2, -0.15) is 0 Å². The summed E-state index contributed by atoms with van der Waals surface area (Å²) in [6.45, 7) is 0. The molecule has 0 N–H and O–H groups in total. The summed E-state index contributed by atoms with van der Waals surface area (Å²) >= 11 is 1.58. The van der Waals surface area contributed by atoms with Crippen molar-refractivity contribution in [3.63, 3.8) is 0 Å². The maximum absolute atomic E-state index is 13.2. The van der Waals surface area contributed by atoms with Crippen LogP contribution in [-0.4, -0.2) is 9.97 Å². The van der Waals surface area contributed by atoms with Gasteiger partial charge >= 0.3 is 0 Å². The lowest BCUT2D eigenvalue weighted by atomic mass is 10.2. The van der Waals surface area contributed by atoms with Gasteiger partial charge in [0, 0.05) is 29.8 Å². The summed E-state index contributed by atoms with van der Waals surface area (Å²) in [5.41, 5.74) is 2.76. The normalized spacial score (nSPS) is 10.6. The minimum Gasteiger partial charge on any atom is -0.264 e. The number of rotatable bonds is 3. The number of aromatic nitrogens is 2. The molecule has 0 atom stereocenters. The van der Waals surface area contributed by atoms with E-state index in [1.807, 2.05) is 29.8 Å². The van der Waals surface area contributed by atoms with E-state index < -0.39 is 0 Å². The van der Waals surface area contributed by atoms with Crippen LogP contribution in [0.5, 0.6) is 0 Å². The molecule has 0 aliphatic heterocycles. The first kappa shape index (κ1) is 12.0. The molecule has 2 heterocycles. The van der Waals surface area contributed by atoms with Crippen molar-refractivity contribution < 1.29 is 4.39 Å². The van der Waals surface area contributed by atoms with Crippen LogP contribution in [-0.2, 0) is 6.42 Å². The third kappa shape index (κ3) is 2.85. The van der Waals surface area contributed by atoms with Crippen LogP contribution < -0.4 is 0 Å². The van der Waals surface area contributed by atoms with Gasteiger partial charge in [0.2, 0.25) is 0 Å². The van der Waals surface area contributed by atoms with Gasteiger partial charge in [-0.3, -0.25) is 4.98 Å². The quantitative estimate of drug-likeness (QED) is 0.720. The lowest BCUT2D eigenvalue weighted by Crippen LogP contribution is -1.88. The monoisotopic (exact) mass is 270 g/mol. The van der Waals surface area contributed by atoms with Crippen molar-refractivity contribution in [1.29, 1.82) is 0 Å². The van der Waals surface area contributed by atoms with E-state index >= 15 is 0 Å². The molecule has 0 fully saturated rings. The highest BCUT2D eigenvalue weighted by atomic mass is 32.1. The highest BCUT2D eigenvalue weighted by Crippen LogP contribution is 2.23. The Morgan fingerprint density at radius 1 is 1.16 bits per heavy atom. The van der Waals surface area contributed by atoms with E-state index in [2.05, 4.69) is 9.97 Å². The number of hydrogen-bond donors (Lipinski definition) is 0. The maximum atomic E-state index is 13.2. The number of pyridine rings is 1. The van der Waals surface area contributed by atoms with Crippen LogP contribution in [0.1, 0.15) is 10.6 Å². The Balaban J connectivity index is 1.84. The van der Waals surface area contributed by atoms with Crippen molar-refractivity contribution in [3.8, 4) is 11.3 Å². The Bertz CT molecular complexity index is 679. The van der Waals surface area contributed by atoms with Crippen LogP contribution in [0.25, 0.3) is 11.3 Å². The number of thiazole rings is 1. The lowest BCUT2D eigenvalue weighted by molar-refractivity contribution is 0.628. The average Bonchev–Trinajstić information content (AvgIpc) is 2.88. The zero-order valence-corrected chi connectivity index (χ0v) is 10.9. The predicted molar refractivity (Wildman–Crippen MR) is 74.6 cm³/mol. The van der Waals surface area contributed by atoms with Crippen molar-refractivity contribution in [3.05, 3.63) is 70.6 Å². The number of nitrogens with zero attached hydrogens (tertiary/aromatic N) is 2. The molecule has 0 spiro atoms. The molecular weight excluding hydrogens is 259 g/mol. The Kier molecular flexibility index (Phi) is 3.33. The molecule has 2 nitrogen and oxygen atoms in total. The first-order valence-electron chi connectivity index (χ1n) is 5.90. The smallest absolute Gasteiger partial charge is 0.123 e. The highest BCUT2D eigenvalue weighted by Gasteiger charge is 2.06. The molecule has 2 aromatic heterocycles.